The van der Waals surface area contributed by atoms with Crippen LogP contribution in [0.25, 0.3) is 0 Å². The van der Waals surface area contributed by atoms with E-state index in [1.807, 2.05) is 12.1 Å². The third-order valence-corrected chi connectivity index (χ3v) is 4.65. The normalized spacial score (nSPS) is 11.3. The van der Waals surface area contributed by atoms with Gasteiger partial charge in [0, 0.05) is 12.1 Å². The molecule has 0 atom stereocenters. The number of anilines is 1. The molecule has 0 fully saturated rings. The van der Waals surface area contributed by atoms with E-state index < -0.39 is 10.0 Å². The summed E-state index contributed by atoms with van der Waals surface area (Å²) in [6.45, 7) is 0.119. The van der Waals surface area contributed by atoms with E-state index in [1.165, 1.54) is 25.3 Å². The van der Waals surface area contributed by atoms with Crippen LogP contribution in [0.15, 0.2) is 47.4 Å². The average molecular weight is 327 g/mol. The lowest BCUT2D eigenvalue weighted by Crippen LogP contribution is -2.23. The molecule has 0 saturated heterocycles. The van der Waals surface area contributed by atoms with E-state index >= 15 is 0 Å². The Kier molecular flexibility index (Phi) is 4.72. The van der Waals surface area contributed by atoms with Crippen LogP contribution < -0.4 is 15.2 Å². The van der Waals surface area contributed by atoms with Crippen molar-refractivity contribution in [2.24, 2.45) is 0 Å². The van der Waals surface area contributed by atoms with Crippen molar-refractivity contribution < 1.29 is 13.2 Å². The Hall–Kier alpha value is -1.76. The first-order valence-corrected chi connectivity index (χ1v) is 7.97. The van der Waals surface area contributed by atoms with Crippen LogP contribution in [0, 0.1) is 0 Å². The molecule has 0 aliphatic heterocycles. The molecule has 0 heterocycles. The molecule has 0 aromatic heterocycles. The molecule has 0 saturated carbocycles. The molecular formula is C14H15ClN2O3S. The van der Waals surface area contributed by atoms with Crippen LogP contribution in [0.4, 0.5) is 5.69 Å². The first kappa shape index (κ1) is 15.6. The average Bonchev–Trinajstić information content (AvgIpc) is 2.48. The van der Waals surface area contributed by atoms with E-state index in [2.05, 4.69) is 4.72 Å². The Labute approximate surface area is 128 Å². The molecule has 5 nitrogen and oxygen atoms in total. The van der Waals surface area contributed by atoms with Crippen molar-refractivity contribution in [2.45, 2.75) is 11.4 Å². The molecule has 0 amide bonds. The number of nitrogen functional groups attached to an aromatic ring is 1. The van der Waals surface area contributed by atoms with Gasteiger partial charge in [-0.2, -0.15) is 0 Å². The fourth-order valence-corrected chi connectivity index (χ4v) is 3.06. The number of methoxy groups -OCH3 is 1. The Morgan fingerprint density at radius 3 is 2.62 bits per heavy atom. The van der Waals surface area contributed by atoms with Gasteiger partial charge in [-0.3, -0.25) is 0 Å². The first-order chi connectivity index (χ1) is 9.94. The van der Waals surface area contributed by atoms with Crippen molar-refractivity contribution in [3.63, 3.8) is 0 Å². The topological polar surface area (TPSA) is 81.4 Å². The zero-order valence-corrected chi connectivity index (χ0v) is 12.9. The Bertz CT molecular complexity index is 748. The molecule has 0 aliphatic carbocycles. The number of rotatable bonds is 5. The molecular weight excluding hydrogens is 312 g/mol. The van der Waals surface area contributed by atoms with Crippen molar-refractivity contribution in [1.29, 1.82) is 0 Å². The van der Waals surface area contributed by atoms with Gasteiger partial charge in [-0.05, 0) is 24.3 Å². The van der Waals surface area contributed by atoms with Crippen LogP contribution >= 0.6 is 11.6 Å². The van der Waals surface area contributed by atoms with Gasteiger partial charge in [-0.25, -0.2) is 13.1 Å². The second-order valence-corrected chi connectivity index (χ2v) is 6.49. The molecule has 21 heavy (non-hydrogen) atoms. The third-order valence-electron chi connectivity index (χ3n) is 2.93. The predicted molar refractivity (Wildman–Crippen MR) is 82.9 cm³/mol. The van der Waals surface area contributed by atoms with Crippen LogP contribution in [0.2, 0.25) is 5.02 Å². The highest BCUT2D eigenvalue weighted by Gasteiger charge is 2.15. The van der Waals surface area contributed by atoms with Gasteiger partial charge in [-0.15, -0.1) is 0 Å². The molecule has 7 heteroatoms. The highest BCUT2D eigenvalue weighted by molar-refractivity contribution is 7.89. The fraction of sp³-hybridized carbons (Fsp3) is 0.143. The molecule has 0 unspecified atom stereocenters. The summed E-state index contributed by atoms with van der Waals surface area (Å²) in [6, 6.07) is 11.4. The summed E-state index contributed by atoms with van der Waals surface area (Å²) < 4.78 is 32.1. The minimum Gasteiger partial charge on any atom is -0.496 e. The zero-order chi connectivity index (χ0) is 15.5. The maximum atomic E-state index is 12.2. The summed E-state index contributed by atoms with van der Waals surface area (Å²) in [7, 11) is -2.13. The number of sulfonamides is 1. The first-order valence-electron chi connectivity index (χ1n) is 6.10. The van der Waals surface area contributed by atoms with Gasteiger partial charge in [0.1, 0.15) is 5.75 Å². The van der Waals surface area contributed by atoms with Crippen LogP contribution in [0.5, 0.6) is 5.75 Å². The fourth-order valence-electron chi connectivity index (χ4n) is 1.78. The van der Waals surface area contributed by atoms with Crippen molar-refractivity contribution in [3.8, 4) is 5.75 Å². The quantitative estimate of drug-likeness (QED) is 0.827. The molecule has 0 aliphatic rings. The highest BCUT2D eigenvalue weighted by atomic mass is 35.5. The van der Waals surface area contributed by atoms with Crippen LogP contribution in [-0.2, 0) is 16.6 Å². The number of ether oxygens (including phenoxy) is 1. The number of hydrogen-bond acceptors (Lipinski definition) is 4. The van der Waals surface area contributed by atoms with Gasteiger partial charge in [-0.1, -0.05) is 29.8 Å². The highest BCUT2D eigenvalue weighted by Crippen LogP contribution is 2.23. The van der Waals surface area contributed by atoms with Gasteiger partial charge in [0.2, 0.25) is 10.0 Å². The molecule has 112 valence electrons. The minimum absolute atomic E-state index is 0.0663. The summed E-state index contributed by atoms with van der Waals surface area (Å²) in [6.07, 6.45) is 0. The largest absolute Gasteiger partial charge is 0.496 e. The van der Waals surface area contributed by atoms with Crippen LogP contribution in [0.3, 0.4) is 0 Å². The van der Waals surface area contributed by atoms with E-state index in [9.17, 15) is 8.42 Å². The van der Waals surface area contributed by atoms with E-state index in [4.69, 9.17) is 22.1 Å². The third kappa shape index (κ3) is 3.66. The standard InChI is InChI=1S/C14H15ClN2O3S/c1-20-14-5-3-2-4-10(14)9-17-21(18,19)11-6-7-13(16)12(15)8-11/h2-8,17H,9,16H2,1H3. The second kappa shape index (κ2) is 6.34. The number of benzene rings is 2. The summed E-state index contributed by atoms with van der Waals surface area (Å²) >= 11 is 5.85. The molecule has 0 bridgehead atoms. The molecule has 0 radical (unpaired) electrons. The maximum absolute atomic E-state index is 12.2. The Morgan fingerprint density at radius 2 is 1.95 bits per heavy atom. The molecule has 2 aromatic carbocycles. The van der Waals surface area contributed by atoms with E-state index in [0.29, 0.717) is 11.4 Å². The summed E-state index contributed by atoms with van der Waals surface area (Å²) in [5.74, 6) is 0.621. The smallest absolute Gasteiger partial charge is 0.240 e. The molecule has 2 rings (SSSR count). The number of halogens is 1. The number of nitrogens with one attached hydrogen (secondary N) is 1. The number of para-hydroxylation sites is 1. The van der Waals surface area contributed by atoms with Crippen LogP contribution in [0.1, 0.15) is 5.56 Å². The lowest BCUT2D eigenvalue weighted by Gasteiger charge is -2.10. The summed E-state index contributed by atoms with van der Waals surface area (Å²) in [5.41, 5.74) is 6.65. The maximum Gasteiger partial charge on any atom is 0.240 e. The summed E-state index contributed by atoms with van der Waals surface area (Å²) in [5, 5.41) is 0.204. The van der Waals surface area contributed by atoms with E-state index in [1.54, 1.807) is 12.1 Å². The monoisotopic (exact) mass is 326 g/mol. The molecule has 2 aromatic rings. The lowest BCUT2D eigenvalue weighted by molar-refractivity contribution is 0.409. The van der Waals surface area contributed by atoms with Gasteiger partial charge in [0.05, 0.1) is 22.7 Å². The van der Waals surface area contributed by atoms with Crippen molar-refractivity contribution in [3.05, 3.63) is 53.1 Å². The number of nitrogens with two attached hydrogens (primary N) is 1. The van der Waals surface area contributed by atoms with Gasteiger partial charge in [0.25, 0.3) is 0 Å². The van der Waals surface area contributed by atoms with Crippen LogP contribution in [-0.4, -0.2) is 15.5 Å². The summed E-state index contributed by atoms with van der Waals surface area (Å²) in [4.78, 5) is 0.0663. The molecule has 3 N–H and O–H groups in total. The zero-order valence-electron chi connectivity index (χ0n) is 11.3. The van der Waals surface area contributed by atoms with Crippen molar-refractivity contribution >= 4 is 27.3 Å². The Morgan fingerprint density at radius 1 is 1.24 bits per heavy atom. The lowest BCUT2D eigenvalue weighted by atomic mass is 10.2. The van der Waals surface area contributed by atoms with Gasteiger partial charge in [0.15, 0.2) is 0 Å². The Balaban J connectivity index is 2.20. The van der Waals surface area contributed by atoms with E-state index in [-0.39, 0.29) is 16.5 Å². The number of hydrogen-bond donors (Lipinski definition) is 2. The predicted octanol–water partition coefficient (Wildman–Crippen LogP) is 2.41. The van der Waals surface area contributed by atoms with Crippen molar-refractivity contribution in [1.82, 2.24) is 4.72 Å². The SMILES string of the molecule is COc1ccccc1CNS(=O)(=O)c1ccc(N)c(Cl)c1. The van der Waals surface area contributed by atoms with Gasteiger partial charge < -0.3 is 10.5 Å². The minimum atomic E-state index is -3.67. The molecule has 0 spiro atoms. The van der Waals surface area contributed by atoms with Gasteiger partial charge >= 0.3 is 0 Å². The van der Waals surface area contributed by atoms with E-state index in [0.717, 1.165) is 5.56 Å². The van der Waals surface area contributed by atoms with Crippen molar-refractivity contribution in [2.75, 3.05) is 12.8 Å². The second-order valence-electron chi connectivity index (χ2n) is 4.32.